The molecule has 0 saturated carbocycles. The molecule has 0 aliphatic heterocycles. The van der Waals surface area contributed by atoms with Crippen molar-refractivity contribution in [2.75, 3.05) is 0 Å². The average molecular weight is 199 g/mol. The predicted molar refractivity (Wildman–Crippen MR) is 52.0 cm³/mol. The van der Waals surface area contributed by atoms with Gasteiger partial charge >= 0.3 is 5.97 Å². The van der Waals surface area contributed by atoms with Crippen LogP contribution in [0, 0.1) is 6.92 Å². The Morgan fingerprint density at radius 2 is 2.15 bits per heavy atom. The zero-order valence-corrected chi connectivity index (χ0v) is 9.07. The van der Waals surface area contributed by atoms with Gasteiger partial charge in [0.1, 0.15) is 5.60 Å². The van der Waals surface area contributed by atoms with Gasteiger partial charge in [-0.25, -0.2) is 4.79 Å². The molecule has 0 N–H and O–H groups in total. The van der Waals surface area contributed by atoms with E-state index in [2.05, 4.69) is 4.37 Å². The van der Waals surface area contributed by atoms with Crippen LogP contribution in [0.4, 0.5) is 0 Å². The summed E-state index contributed by atoms with van der Waals surface area (Å²) in [7, 11) is 0. The Balaban J connectivity index is 2.76. The third-order valence-corrected chi connectivity index (χ3v) is 2.09. The summed E-state index contributed by atoms with van der Waals surface area (Å²) in [4.78, 5) is 11.5. The Labute approximate surface area is 81.9 Å². The molecule has 0 unspecified atom stereocenters. The van der Waals surface area contributed by atoms with E-state index in [9.17, 15) is 4.79 Å². The van der Waals surface area contributed by atoms with Crippen molar-refractivity contribution in [1.29, 1.82) is 0 Å². The van der Waals surface area contributed by atoms with Gasteiger partial charge in [-0.15, -0.1) is 0 Å². The van der Waals surface area contributed by atoms with Gasteiger partial charge < -0.3 is 4.74 Å². The molecule has 3 nitrogen and oxygen atoms in total. The first-order valence-corrected chi connectivity index (χ1v) is 4.88. The van der Waals surface area contributed by atoms with Crippen molar-refractivity contribution >= 4 is 17.5 Å². The number of ether oxygens (including phenoxy) is 1. The van der Waals surface area contributed by atoms with Crippen molar-refractivity contribution in [3.05, 3.63) is 16.6 Å². The molecule has 4 heteroatoms. The second kappa shape index (κ2) is 3.46. The minimum absolute atomic E-state index is 0.293. The second-order valence-corrected chi connectivity index (χ2v) is 4.44. The summed E-state index contributed by atoms with van der Waals surface area (Å²) in [5.74, 6) is -0.293. The van der Waals surface area contributed by atoms with Gasteiger partial charge in [0, 0.05) is 5.38 Å². The number of hydrogen-bond donors (Lipinski definition) is 0. The Morgan fingerprint density at radius 1 is 1.54 bits per heavy atom. The van der Waals surface area contributed by atoms with Crippen molar-refractivity contribution < 1.29 is 9.53 Å². The highest BCUT2D eigenvalue weighted by Gasteiger charge is 2.20. The Morgan fingerprint density at radius 3 is 2.54 bits per heavy atom. The van der Waals surface area contributed by atoms with Crippen LogP contribution in [-0.4, -0.2) is 15.9 Å². The normalized spacial score (nSPS) is 11.4. The smallest absolute Gasteiger partial charge is 0.341 e. The molecule has 0 aromatic carbocycles. The number of nitrogens with zero attached hydrogens (tertiary/aromatic N) is 1. The molecule has 0 atom stereocenters. The van der Waals surface area contributed by atoms with Gasteiger partial charge in [0.2, 0.25) is 0 Å². The highest BCUT2D eigenvalue weighted by atomic mass is 32.1. The van der Waals surface area contributed by atoms with Gasteiger partial charge in [-0.1, -0.05) is 0 Å². The summed E-state index contributed by atoms with van der Waals surface area (Å²) in [6.45, 7) is 7.34. The number of carbonyl (C=O) groups is 1. The minimum atomic E-state index is -0.439. The van der Waals surface area contributed by atoms with Gasteiger partial charge in [-0.05, 0) is 39.2 Å². The Hall–Kier alpha value is -0.900. The highest BCUT2D eigenvalue weighted by Crippen LogP contribution is 2.15. The maximum atomic E-state index is 11.5. The molecule has 1 heterocycles. The molecule has 1 aromatic heterocycles. The van der Waals surface area contributed by atoms with Gasteiger partial charge in [0.25, 0.3) is 0 Å². The van der Waals surface area contributed by atoms with Crippen LogP contribution in [0.25, 0.3) is 0 Å². The SMILES string of the molecule is Cc1nscc1C(=O)OC(C)(C)C. The molecule has 13 heavy (non-hydrogen) atoms. The predicted octanol–water partition coefficient (Wildman–Crippen LogP) is 2.41. The molecule has 0 saturated heterocycles. The summed E-state index contributed by atoms with van der Waals surface area (Å²) in [6, 6.07) is 0. The fourth-order valence-electron chi connectivity index (χ4n) is 0.821. The van der Waals surface area contributed by atoms with Crippen LogP contribution >= 0.6 is 11.5 Å². The van der Waals surface area contributed by atoms with E-state index < -0.39 is 5.60 Å². The van der Waals surface area contributed by atoms with E-state index in [0.29, 0.717) is 5.56 Å². The molecule has 0 radical (unpaired) electrons. The lowest BCUT2D eigenvalue weighted by molar-refractivity contribution is 0.00691. The third-order valence-electron chi connectivity index (χ3n) is 1.37. The molecule has 0 amide bonds. The average Bonchev–Trinajstić information content (AvgIpc) is 2.30. The van der Waals surface area contributed by atoms with Gasteiger partial charge in [-0.3, -0.25) is 0 Å². The van der Waals surface area contributed by atoms with E-state index in [-0.39, 0.29) is 5.97 Å². The molecule has 0 bridgehead atoms. The Kier molecular flexibility index (Phi) is 2.71. The van der Waals surface area contributed by atoms with Crippen LogP contribution in [0.5, 0.6) is 0 Å². The van der Waals surface area contributed by atoms with Gasteiger partial charge in [0.15, 0.2) is 0 Å². The topological polar surface area (TPSA) is 39.2 Å². The molecule has 0 spiro atoms. The van der Waals surface area contributed by atoms with Crippen LogP contribution in [0.1, 0.15) is 36.8 Å². The van der Waals surface area contributed by atoms with E-state index in [4.69, 9.17) is 4.74 Å². The zero-order valence-electron chi connectivity index (χ0n) is 8.25. The molecule has 0 aliphatic rings. The molecule has 72 valence electrons. The Bertz CT molecular complexity index is 312. The van der Waals surface area contributed by atoms with Crippen molar-refractivity contribution in [1.82, 2.24) is 4.37 Å². The van der Waals surface area contributed by atoms with E-state index >= 15 is 0 Å². The second-order valence-electron chi connectivity index (χ2n) is 3.82. The molecule has 1 rings (SSSR count). The maximum Gasteiger partial charge on any atom is 0.341 e. The fraction of sp³-hybridized carbons (Fsp3) is 0.556. The summed E-state index contributed by atoms with van der Waals surface area (Å²) in [5, 5.41) is 1.71. The molecule has 0 aliphatic carbocycles. The molecular formula is C9H13NO2S. The number of aryl methyl sites for hydroxylation is 1. The van der Waals surface area contributed by atoms with Crippen molar-refractivity contribution in [3.63, 3.8) is 0 Å². The van der Waals surface area contributed by atoms with Crippen LogP contribution < -0.4 is 0 Å². The van der Waals surface area contributed by atoms with Crippen molar-refractivity contribution in [3.8, 4) is 0 Å². The number of rotatable bonds is 1. The number of hydrogen-bond acceptors (Lipinski definition) is 4. The largest absolute Gasteiger partial charge is 0.456 e. The number of aromatic nitrogens is 1. The summed E-state index contributed by atoms with van der Waals surface area (Å²) in [5.41, 5.74) is 0.866. The first-order valence-electron chi connectivity index (χ1n) is 4.04. The van der Waals surface area contributed by atoms with E-state index in [1.807, 2.05) is 20.8 Å². The van der Waals surface area contributed by atoms with Crippen LogP contribution in [0.15, 0.2) is 5.38 Å². The van der Waals surface area contributed by atoms with Gasteiger partial charge in [0.05, 0.1) is 11.3 Å². The molecular weight excluding hydrogens is 186 g/mol. The maximum absolute atomic E-state index is 11.5. The first kappa shape index (κ1) is 10.2. The summed E-state index contributed by atoms with van der Waals surface area (Å²) >= 11 is 1.27. The standard InChI is InChI=1S/C9H13NO2S/c1-6-7(5-13-10-6)8(11)12-9(2,3)4/h5H,1-4H3. The van der Waals surface area contributed by atoms with Crippen LogP contribution in [-0.2, 0) is 4.74 Å². The lowest BCUT2D eigenvalue weighted by Crippen LogP contribution is -2.24. The van der Waals surface area contributed by atoms with E-state index in [0.717, 1.165) is 5.69 Å². The fourth-order valence-corrected chi connectivity index (χ4v) is 1.50. The number of carbonyl (C=O) groups excluding carboxylic acids is 1. The number of esters is 1. The summed E-state index contributed by atoms with van der Waals surface area (Å²) < 4.78 is 9.20. The summed E-state index contributed by atoms with van der Waals surface area (Å²) in [6.07, 6.45) is 0. The minimum Gasteiger partial charge on any atom is -0.456 e. The highest BCUT2D eigenvalue weighted by molar-refractivity contribution is 7.03. The van der Waals surface area contributed by atoms with Crippen LogP contribution in [0.3, 0.4) is 0 Å². The third kappa shape index (κ3) is 2.81. The lowest BCUT2D eigenvalue weighted by atomic mass is 10.2. The van der Waals surface area contributed by atoms with E-state index in [1.54, 1.807) is 12.3 Å². The quantitative estimate of drug-likeness (QED) is 0.652. The molecule has 0 fully saturated rings. The van der Waals surface area contributed by atoms with Crippen molar-refractivity contribution in [2.24, 2.45) is 0 Å². The zero-order chi connectivity index (χ0) is 10.1. The monoisotopic (exact) mass is 199 g/mol. The van der Waals surface area contributed by atoms with Crippen LogP contribution in [0.2, 0.25) is 0 Å². The first-order chi connectivity index (χ1) is 5.90. The lowest BCUT2D eigenvalue weighted by Gasteiger charge is -2.18. The van der Waals surface area contributed by atoms with Crippen molar-refractivity contribution in [2.45, 2.75) is 33.3 Å². The van der Waals surface area contributed by atoms with Gasteiger partial charge in [-0.2, -0.15) is 4.37 Å². The van der Waals surface area contributed by atoms with E-state index in [1.165, 1.54) is 11.5 Å². The molecule has 1 aromatic rings.